The molecule has 1 unspecified atom stereocenters. The van der Waals surface area contributed by atoms with Crippen LogP contribution in [0, 0.1) is 0 Å². The Balaban J connectivity index is 2.56. The van der Waals surface area contributed by atoms with E-state index in [0.717, 1.165) is 20.2 Å². The zero-order valence-electron chi connectivity index (χ0n) is 9.92. The molecule has 1 aromatic carbocycles. The van der Waals surface area contributed by atoms with Gasteiger partial charge in [0.25, 0.3) is 0 Å². The molecule has 3 nitrogen and oxygen atoms in total. The van der Waals surface area contributed by atoms with Crippen LogP contribution in [0.15, 0.2) is 33.3 Å². The summed E-state index contributed by atoms with van der Waals surface area (Å²) in [6.45, 7) is 0. The number of rotatable bonds is 3. The highest BCUT2D eigenvalue weighted by atomic mass is 79.9. The fourth-order valence-corrected chi connectivity index (χ4v) is 3.12. The van der Waals surface area contributed by atoms with Gasteiger partial charge in [0.05, 0.1) is 27.4 Å². The molecule has 18 heavy (non-hydrogen) atoms. The number of aryl methyl sites for hydroxylation is 1. The predicted molar refractivity (Wildman–Crippen MR) is 81.0 cm³/mol. The summed E-state index contributed by atoms with van der Waals surface area (Å²) in [6.07, 6.45) is 1.78. The Hall–Kier alpha value is -0.360. The molecular formula is C12H12Br2ClN3. The van der Waals surface area contributed by atoms with Crippen LogP contribution in [0.3, 0.4) is 0 Å². The van der Waals surface area contributed by atoms with Crippen molar-refractivity contribution in [3.8, 4) is 0 Å². The van der Waals surface area contributed by atoms with Gasteiger partial charge in [0.15, 0.2) is 0 Å². The molecule has 0 spiro atoms. The van der Waals surface area contributed by atoms with Crippen molar-refractivity contribution < 1.29 is 0 Å². The third kappa shape index (κ3) is 2.50. The maximum absolute atomic E-state index is 6.36. The van der Waals surface area contributed by atoms with E-state index in [9.17, 15) is 0 Å². The summed E-state index contributed by atoms with van der Waals surface area (Å²) >= 11 is 13.3. The molecule has 0 aliphatic rings. The van der Waals surface area contributed by atoms with Crippen molar-refractivity contribution in [2.45, 2.75) is 6.04 Å². The summed E-state index contributed by atoms with van der Waals surface area (Å²) in [7, 11) is 3.82. The number of hydrogen-bond acceptors (Lipinski definition) is 2. The van der Waals surface area contributed by atoms with Crippen molar-refractivity contribution in [2.24, 2.45) is 7.05 Å². The number of hydrogen-bond donors (Lipinski definition) is 1. The van der Waals surface area contributed by atoms with Gasteiger partial charge in [-0.1, -0.05) is 23.7 Å². The van der Waals surface area contributed by atoms with Crippen LogP contribution in [-0.2, 0) is 7.05 Å². The predicted octanol–water partition coefficient (Wildman–Crippen LogP) is 3.91. The Morgan fingerprint density at radius 3 is 2.61 bits per heavy atom. The van der Waals surface area contributed by atoms with Crippen LogP contribution in [0.25, 0.3) is 0 Å². The van der Waals surface area contributed by atoms with Gasteiger partial charge in [0.1, 0.15) is 0 Å². The summed E-state index contributed by atoms with van der Waals surface area (Å²) in [4.78, 5) is 0. The number of nitrogens with zero attached hydrogens (tertiary/aromatic N) is 2. The fourth-order valence-electron chi connectivity index (χ4n) is 1.93. The smallest absolute Gasteiger partial charge is 0.0772 e. The van der Waals surface area contributed by atoms with Crippen molar-refractivity contribution in [1.82, 2.24) is 15.1 Å². The Bertz CT molecular complexity index is 549. The summed E-state index contributed by atoms with van der Waals surface area (Å²) in [5.41, 5.74) is 2.05. The minimum absolute atomic E-state index is 0.0168. The van der Waals surface area contributed by atoms with Crippen LogP contribution in [0.1, 0.15) is 17.3 Å². The van der Waals surface area contributed by atoms with Crippen molar-refractivity contribution >= 4 is 43.5 Å². The molecule has 2 rings (SSSR count). The van der Waals surface area contributed by atoms with Crippen LogP contribution in [0.5, 0.6) is 0 Å². The summed E-state index contributed by atoms with van der Waals surface area (Å²) in [6, 6.07) is 5.89. The first-order chi connectivity index (χ1) is 8.56. The van der Waals surface area contributed by atoms with Crippen LogP contribution < -0.4 is 5.32 Å². The van der Waals surface area contributed by atoms with Crippen LogP contribution in [0.4, 0.5) is 0 Å². The lowest BCUT2D eigenvalue weighted by molar-refractivity contribution is 0.604. The van der Waals surface area contributed by atoms with Crippen LogP contribution >= 0.6 is 43.5 Å². The average Bonchev–Trinajstić information content (AvgIpc) is 2.67. The second kappa shape index (κ2) is 5.74. The lowest BCUT2D eigenvalue weighted by Gasteiger charge is -2.19. The average molecular weight is 394 g/mol. The molecule has 0 radical (unpaired) electrons. The molecule has 96 valence electrons. The maximum Gasteiger partial charge on any atom is 0.0772 e. The van der Waals surface area contributed by atoms with E-state index in [0.29, 0.717) is 5.02 Å². The van der Waals surface area contributed by atoms with Gasteiger partial charge >= 0.3 is 0 Å². The normalized spacial score (nSPS) is 12.7. The molecule has 2 aromatic rings. The SMILES string of the molecule is CNC(c1cccc(Br)c1Cl)c1c(Br)cnn1C. The molecule has 6 heteroatoms. The Kier molecular flexibility index (Phi) is 4.48. The lowest BCUT2D eigenvalue weighted by atomic mass is 10.0. The first-order valence-corrected chi connectivity index (χ1v) is 7.31. The molecular weight excluding hydrogens is 381 g/mol. The van der Waals surface area contributed by atoms with Gasteiger partial charge < -0.3 is 5.32 Å². The highest BCUT2D eigenvalue weighted by Gasteiger charge is 2.22. The molecule has 1 atom stereocenters. The third-order valence-corrected chi connectivity index (χ3v) is 4.71. The van der Waals surface area contributed by atoms with Gasteiger partial charge in [0.2, 0.25) is 0 Å². The summed E-state index contributed by atoms with van der Waals surface area (Å²) < 4.78 is 3.68. The number of halogens is 3. The quantitative estimate of drug-likeness (QED) is 0.857. The molecule has 0 aliphatic heterocycles. The van der Waals surface area contributed by atoms with Crippen molar-refractivity contribution in [3.05, 3.63) is 49.6 Å². The Morgan fingerprint density at radius 1 is 1.33 bits per heavy atom. The zero-order chi connectivity index (χ0) is 13.3. The lowest BCUT2D eigenvalue weighted by Crippen LogP contribution is -2.21. The molecule has 0 aliphatic carbocycles. The van der Waals surface area contributed by atoms with E-state index in [-0.39, 0.29) is 6.04 Å². The summed E-state index contributed by atoms with van der Waals surface area (Å²) in [5.74, 6) is 0. The monoisotopic (exact) mass is 391 g/mol. The molecule has 0 bridgehead atoms. The highest BCUT2D eigenvalue weighted by molar-refractivity contribution is 9.10. The van der Waals surface area contributed by atoms with Gasteiger partial charge in [-0.3, -0.25) is 4.68 Å². The molecule has 1 heterocycles. The topological polar surface area (TPSA) is 29.9 Å². The van der Waals surface area contributed by atoms with Crippen LogP contribution in [0.2, 0.25) is 5.02 Å². The fraction of sp³-hybridized carbons (Fsp3) is 0.250. The second-order valence-electron chi connectivity index (χ2n) is 3.87. The van der Waals surface area contributed by atoms with Gasteiger partial charge in [0, 0.05) is 11.5 Å². The number of benzene rings is 1. The van der Waals surface area contributed by atoms with E-state index in [1.165, 1.54) is 0 Å². The summed E-state index contributed by atoms with van der Waals surface area (Å²) in [5, 5.41) is 8.22. The minimum Gasteiger partial charge on any atom is -0.308 e. The molecule has 0 saturated heterocycles. The Labute approximate surface area is 128 Å². The molecule has 0 amide bonds. The van der Waals surface area contributed by atoms with Crippen LogP contribution in [-0.4, -0.2) is 16.8 Å². The van der Waals surface area contributed by atoms with Crippen molar-refractivity contribution in [2.75, 3.05) is 7.05 Å². The largest absolute Gasteiger partial charge is 0.308 e. The number of nitrogens with one attached hydrogen (secondary N) is 1. The standard InChI is InChI=1S/C12H12Br2ClN3/c1-16-11(12-9(14)6-17-18(12)2)7-4-3-5-8(13)10(7)15/h3-6,11,16H,1-2H3. The number of aromatic nitrogens is 2. The van der Waals surface area contributed by atoms with E-state index in [2.05, 4.69) is 42.3 Å². The van der Waals surface area contributed by atoms with Gasteiger partial charge in [-0.2, -0.15) is 5.10 Å². The van der Waals surface area contributed by atoms with E-state index in [1.54, 1.807) is 6.20 Å². The van der Waals surface area contributed by atoms with E-state index >= 15 is 0 Å². The van der Waals surface area contributed by atoms with Gasteiger partial charge in [-0.05, 0) is 50.5 Å². The van der Waals surface area contributed by atoms with Crippen molar-refractivity contribution in [3.63, 3.8) is 0 Å². The van der Waals surface area contributed by atoms with E-state index < -0.39 is 0 Å². The maximum atomic E-state index is 6.36. The third-order valence-electron chi connectivity index (χ3n) is 2.79. The Morgan fingerprint density at radius 2 is 2.06 bits per heavy atom. The highest BCUT2D eigenvalue weighted by Crippen LogP contribution is 2.35. The van der Waals surface area contributed by atoms with E-state index in [1.807, 2.05) is 37.0 Å². The second-order valence-corrected chi connectivity index (χ2v) is 5.95. The van der Waals surface area contributed by atoms with Crippen molar-refractivity contribution in [1.29, 1.82) is 0 Å². The molecule has 0 saturated carbocycles. The molecule has 1 aromatic heterocycles. The zero-order valence-corrected chi connectivity index (χ0v) is 13.8. The van der Waals surface area contributed by atoms with Gasteiger partial charge in [-0.15, -0.1) is 0 Å². The van der Waals surface area contributed by atoms with E-state index in [4.69, 9.17) is 11.6 Å². The first kappa shape index (κ1) is 14.1. The van der Waals surface area contributed by atoms with Gasteiger partial charge in [-0.25, -0.2) is 0 Å². The first-order valence-electron chi connectivity index (χ1n) is 5.34. The molecule has 1 N–H and O–H groups in total. The minimum atomic E-state index is -0.0168. The molecule has 0 fully saturated rings.